The lowest BCUT2D eigenvalue weighted by Crippen LogP contribution is -2.41. The molecule has 0 aromatic heterocycles. The lowest BCUT2D eigenvalue weighted by molar-refractivity contribution is -0.121. The van der Waals surface area contributed by atoms with Gasteiger partial charge in [-0.05, 0) is 60.8 Å². The predicted molar refractivity (Wildman–Crippen MR) is 107 cm³/mol. The summed E-state index contributed by atoms with van der Waals surface area (Å²) in [6, 6.07) is 16.4. The van der Waals surface area contributed by atoms with Crippen LogP contribution in [0.3, 0.4) is 0 Å². The van der Waals surface area contributed by atoms with E-state index in [1.54, 1.807) is 0 Å². The first-order valence-electron chi connectivity index (χ1n) is 10.3. The molecule has 0 spiro atoms. The first kappa shape index (κ1) is 17.5. The summed E-state index contributed by atoms with van der Waals surface area (Å²) in [5.74, 6) is 1.53. The highest BCUT2D eigenvalue weighted by atomic mass is 16.5. The summed E-state index contributed by atoms with van der Waals surface area (Å²) in [6.07, 6.45) is 5.03. The van der Waals surface area contributed by atoms with Gasteiger partial charge in [0.15, 0.2) is 5.78 Å². The fourth-order valence-corrected chi connectivity index (χ4v) is 5.07. The lowest BCUT2D eigenvalue weighted by atomic mass is 9.77. The van der Waals surface area contributed by atoms with Crippen molar-refractivity contribution in [3.8, 4) is 5.75 Å². The Morgan fingerprint density at radius 2 is 1.79 bits per heavy atom. The van der Waals surface area contributed by atoms with Crippen molar-refractivity contribution in [1.29, 1.82) is 0 Å². The van der Waals surface area contributed by atoms with Crippen LogP contribution in [-0.4, -0.2) is 36.3 Å². The zero-order valence-corrected chi connectivity index (χ0v) is 16.0. The van der Waals surface area contributed by atoms with Crippen molar-refractivity contribution >= 4 is 11.7 Å². The van der Waals surface area contributed by atoms with Crippen LogP contribution in [0.4, 0.5) is 0 Å². The van der Waals surface area contributed by atoms with Crippen LogP contribution in [0.15, 0.2) is 48.5 Å². The van der Waals surface area contributed by atoms with Crippen molar-refractivity contribution in [2.75, 3.05) is 19.7 Å². The maximum Gasteiger partial charge on any atom is 0.253 e. The van der Waals surface area contributed by atoms with Crippen molar-refractivity contribution in [2.45, 2.75) is 37.5 Å². The number of ketones is 1. The van der Waals surface area contributed by atoms with E-state index in [0.717, 1.165) is 37.2 Å². The molecule has 3 aliphatic rings. The molecular weight excluding hydrogens is 350 g/mol. The topological polar surface area (TPSA) is 46.6 Å². The second-order valence-corrected chi connectivity index (χ2v) is 8.42. The molecule has 2 aromatic rings. The normalized spacial score (nSPS) is 21.0. The van der Waals surface area contributed by atoms with E-state index < -0.39 is 0 Å². The summed E-state index contributed by atoms with van der Waals surface area (Å²) < 4.78 is 5.44. The molecule has 1 aliphatic carbocycles. The molecule has 2 aliphatic heterocycles. The Morgan fingerprint density at radius 3 is 2.50 bits per heavy atom. The highest BCUT2D eigenvalue weighted by Gasteiger charge is 2.50. The highest BCUT2D eigenvalue weighted by Crippen LogP contribution is 2.56. The zero-order chi connectivity index (χ0) is 19.1. The van der Waals surface area contributed by atoms with E-state index in [1.165, 1.54) is 18.4 Å². The number of nitrogens with zero attached hydrogens (tertiary/aromatic N) is 1. The van der Waals surface area contributed by atoms with Crippen LogP contribution in [0.5, 0.6) is 5.75 Å². The van der Waals surface area contributed by atoms with Gasteiger partial charge in [-0.3, -0.25) is 9.59 Å². The molecule has 0 radical (unpaired) electrons. The van der Waals surface area contributed by atoms with E-state index in [9.17, 15) is 9.59 Å². The molecule has 0 N–H and O–H groups in total. The minimum atomic E-state index is 0.0635. The molecule has 1 saturated carbocycles. The molecule has 144 valence electrons. The number of fused-ring (bicyclic) bond motifs is 1. The summed E-state index contributed by atoms with van der Waals surface area (Å²) in [7, 11) is 0. The molecule has 0 unspecified atom stereocenters. The van der Waals surface area contributed by atoms with E-state index in [4.69, 9.17) is 4.74 Å². The second-order valence-electron chi connectivity index (χ2n) is 8.42. The van der Waals surface area contributed by atoms with Crippen LogP contribution in [0.25, 0.3) is 0 Å². The van der Waals surface area contributed by atoms with E-state index in [2.05, 4.69) is 30.3 Å². The number of hydrogen-bond acceptors (Lipinski definition) is 3. The Labute approximate surface area is 165 Å². The molecule has 4 nitrogen and oxygen atoms in total. The minimum absolute atomic E-state index is 0.0635. The molecule has 1 saturated heterocycles. The van der Waals surface area contributed by atoms with Gasteiger partial charge in [-0.1, -0.05) is 30.3 Å². The zero-order valence-electron chi connectivity index (χ0n) is 16.0. The molecule has 2 heterocycles. The Hall–Kier alpha value is -2.62. The quantitative estimate of drug-likeness (QED) is 0.820. The van der Waals surface area contributed by atoms with Crippen molar-refractivity contribution in [2.24, 2.45) is 5.92 Å². The fraction of sp³-hybridized carbons (Fsp3) is 0.417. The van der Waals surface area contributed by atoms with Crippen LogP contribution in [0.1, 0.15) is 47.2 Å². The van der Waals surface area contributed by atoms with Gasteiger partial charge in [-0.2, -0.15) is 0 Å². The molecule has 28 heavy (non-hydrogen) atoms. The van der Waals surface area contributed by atoms with Gasteiger partial charge in [0, 0.05) is 30.6 Å². The molecule has 5 rings (SSSR count). The summed E-state index contributed by atoms with van der Waals surface area (Å²) in [6.45, 7) is 1.76. The third-order valence-corrected chi connectivity index (χ3v) is 6.78. The highest BCUT2D eigenvalue weighted by molar-refractivity contribution is 5.95. The van der Waals surface area contributed by atoms with Crippen LogP contribution >= 0.6 is 0 Å². The number of hydrogen-bond donors (Lipinski definition) is 0. The summed E-state index contributed by atoms with van der Waals surface area (Å²) >= 11 is 0. The molecule has 2 aromatic carbocycles. The third-order valence-electron chi connectivity index (χ3n) is 6.78. The average Bonchev–Trinajstić information content (AvgIpc) is 3.55. The van der Waals surface area contributed by atoms with Gasteiger partial charge >= 0.3 is 0 Å². The van der Waals surface area contributed by atoms with E-state index in [1.807, 2.05) is 23.1 Å². The molecule has 0 atom stereocenters. The average molecular weight is 375 g/mol. The summed E-state index contributed by atoms with van der Waals surface area (Å²) in [5, 5.41) is 0. The SMILES string of the molecule is O=C1COc2ccc(C(=O)N3CCC(C4(c5ccccc5)CC4)CC3)cc2C1. The lowest BCUT2D eigenvalue weighted by Gasteiger charge is -2.37. The molecule has 0 bridgehead atoms. The minimum Gasteiger partial charge on any atom is -0.486 e. The standard InChI is InChI=1S/C24H25NO3/c26-21-15-18-14-17(6-7-22(18)28-16-21)23(27)25-12-8-20(9-13-25)24(10-11-24)19-4-2-1-3-5-19/h1-7,14,20H,8-13,15-16H2. The number of likely N-dealkylation sites (tertiary alicyclic amines) is 1. The Balaban J connectivity index is 1.27. The largest absolute Gasteiger partial charge is 0.486 e. The van der Waals surface area contributed by atoms with Gasteiger partial charge in [-0.15, -0.1) is 0 Å². The van der Waals surface area contributed by atoms with Crippen molar-refractivity contribution in [3.05, 3.63) is 65.2 Å². The van der Waals surface area contributed by atoms with Crippen LogP contribution < -0.4 is 4.74 Å². The van der Waals surface area contributed by atoms with Crippen molar-refractivity contribution in [3.63, 3.8) is 0 Å². The molecule has 2 fully saturated rings. The molecular formula is C24H25NO3. The number of ether oxygens (including phenoxy) is 1. The third kappa shape index (κ3) is 3.01. The number of Topliss-reactive ketones (excluding diaryl/α,β-unsaturated/α-hetero) is 1. The van der Waals surface area contributed by atoms with Gasteiger partial charge < -0.3 is 9.64 Å². The van der Waals surface area contributed by atoms with Crippen molar-refractivity contribution in [1.82, 2.24) is 4.90 Å². The maximum absolute atomic E-state index is 13.0. The van der Waals surface area contributed by atoms with Gasteiger partial charge in [0.25, 0.3) is 5.91 Å². The van der Waals surface area contributed by atoms with Crippen LogP contribution in [0, 0.1) is 5.92 Å². The number of carbonyl (C=O) groups is 2. The van der Waals surface area contributed by atoms with E-state index in [0.29, 0.717) is 23.3 Å². The van der Waals surface area contributed by atoms with Gasteiger partial charge in [0.2, 0.25) is 0 Å². The maximum atomic E-state index is 13.0. The van der Waals surface area contributed by atoms with Crippen molar-refractivity contribution < 1.29 is 14.3 Å². The van der Waals surface area contributed by atoms with Gasteiger partial charge in [-0.25, -0.2) is 0 Å². The van der Waals surface area contributed by atoms with Crippen LogP contribution in [-0.2, 0) is 16.6 Å². The predicted octanol–water partition coefficient (Wildman–Crippen LogP) is 3.77. The Kier molecular flexibility index (Phi) is 4.22. The fourth-order valence-electron chi connectivity index (χ4n) is 5.07. The Bertz CT molecular complexity index is 909. The Morgan fingerprint density at radius 1 is 1.04 bits per heavy atom. The number of piperidine rings is 1. The van der Waals surface area contributed by atoms with Gasteiger partial charge in [0.05, 0.1) is 0 Å². The summed E-state index contributed by atoms with van der Waals surface area (Å²) in [5.41, 5.74) is 3.32. The number of carbonyl (C=O) groups excluding carboxylic acids is 2. The summed E-state index contributed by atoms with van der Waals surface area (Å²) in [4.78, 5) is 26.6. The van der Waals surface area contributed by atoms with Gasteiger partial charge in [0.1, 0.15) is 12.4 Å². The van der Waals surface area contributed by atoms with Crippen LogP contribution in [0.2, 0.25) is 0 Å². The number of amides is 1. The number of rotatable bonds is 3. The monoisotopic (exact) mass is 375 g/mol. The second kappa shape index (κ2) is 6.77. The smallest absolute Gasteiger partial charge is 0.253 e. The molecule has 4 heteroatoms. The first-order chi connectivity index (χ1) is 13.7. The van der Waals surface area contributed by atoms with E-state index in [-0.39, 0.29) is 18.3 Å². The number of benzene rings is 2. The first-order valence-corrected chi connectivity index (χ1v) is 10.3. The molecule has 1 amide bonds. The van der Waals surface area contributed by atoms with E-state index >= 15 is 0 Å².